The smallest absolute Gasteiger partial charge is 0.230 e. The molecule has 0 aliphatic rings. The Morgan fingerprint density at radius 1 is 1.37 bits per heavy atom. The van der Waals surface area contributed by atoms with Gasteiger partial charge in [-0.25, -0.2) is 9.97 Å². The molecule has 0 fully saturated rings. The fourth-order valence-electron chi connectivity index (χ4n) is 2.76. The lowest BCUT2D eigenvalue weighted by atomic mass is 10.1. The van der Waals surface area contributed by atoms with Gasteiger partial charge in [-0.1, -0.05) is 17.7 Å². The number of H-pyrrole nitrogens is 1. The van der Waals surface area contributed by atoms with E-state index in [4.69, 9.17) is 16.3 Å². The molecular formula is C19H15ClN4O2S. The molecule has 0 saturated heterocycles. The van der Waals surface area contributed by atoms with E-state index >= 15 is 0 Å². The summed E-state index contributed by atoms with van der Waals surface area (Å²) in [5.41, 5.74) is 3.28. The van der Waals surface area contributed by atoms with E-state index in [1.54, 1.807) is 31.5 Å². The van der Waals surface area contributed by atoms with E-state index in [0.29, 0.717) is 15.9 Å². The summed E-state index contributed by atoms with van der Waals surface area (Å²) < 4.78 is 5.12. The van der Waals surface area contributed by atoms with Crippen LogP contribution in [0.3, 0.4) is 0 Å². The zero-order valence-corrected chi connectivity index (χ0v) is 15.9. The van der Waals surface area contributed by atoms with Crippen molar-refractivity contribution in [3.8, 4) is 17.0 Å². The molecule has 0 bridgehead atoms. The van der Waals surface area contributed by atoms with Gasteiger partial charge in [-0.15, -0.1) is 11.3 Å². The number of pyridine rings is 1. The van der Waals surface area contributed by atoms with Crippen molar-refractivity contribution in [2.75, 3.05) is 12.4 Å². The summed E-state index contributed by atoms with van der Waals surface area (Å²) in [5.74, 6) is 0.477. The van der Waals surface area contributed by atoms with Crippen molar-refractivity contribution < 1.29 is 9.53 Å². The number of hydrogen-bond donors (Lipinski definition) is 2. The van der Waals surface area contributed by atoms with E-state index in [1.807, 2.05) is 23.7 Å². The molecular weight excluding hydrogens is 384 g/mol. The van der Waals surface area contributed by atoms with Crippen LogP contribution in [0.25, 0.3) is 22.3 Å². The van der Waals surface area contributed by atoms with Gasteiger partial charge in [0.2, 0.25) is 5.91 Å². The van der Waals surface area contributed by atoms with Crippen molar-refractivity contribution in [1.82, 2.24) is 15.0 Å². The highest BCUT2D eigenvalue weighted by Gasteiger charge is 2.13. The monoisotopic (exact) mass is 398 g/mol. The lowest BCUT2D eigenvalue weighted by molar-refractivity contribution is -0.115. The van der Waals surface area contributed by atoms with Gasteiger partial charge in [0.25, 0.3) is 0 Å². The van der Waals surface area contributed by atoms with E-state index in [0.717, 1.165) is 27.9 Å². The number of fused-ring (bicyclic) bond motifs is 1. The minimum absolute atomic E-state index is 0.161. The molecule has 0 aliphatic carbocycles. The summed E-state index contributed by atoms with van der Waals surface area (Å²) in [6, 6.07) is 9.12. The Balaban J connectivity index is 1.48. The van der Waals surface area contributed by atoms with Crippen molar-refractivity contribution in [3.63, 3.8) is 0 Å². The van der Waals surface area contributed by atoms with E-state index in [1.165, 1.54) is 11.3 Å². The number of ether oxygens (including phenoxy) is 1. The molecule has 0 spiro atoms. The molecule has 6 nitrogen and oxygen atoms in total. The zero-order chi connectivity index (χ0) is 18.8. The maximum Gasteiger partial charge on any atom is 0.230 e. The largest absolute Gasteiger partial charge is 0.497 e. The van der Waals surface area contributed by atoms with Crippen LogP contribution in [0.1, 0.15) is 5.56 Å². The van der Waals surface area contributed by atoms with Crippen molar-refractivity contribution in [3.05, 3.63) is 58.7 Å². The number of amides is 1. The number of aromatic nitrogens is 3. The van der Waals surface area contributed by atoms with Crippen LogP contribution in [0, 0.1) is 0 Å². The molecule has 1 amide bonds. The lowest BCUT2D eigenvalue weighted by Gasteiger charge is -2.06. The minimum atomic E-state index is -0.177. The Hall–Kier alpha value is -2.90. The normalized spacial score (nSPS) is 10.9. The first-order chi connectivity index (χ1) is 13.1. The van der Waals surface area contributed by atoms with Crippen molar-refractivity contribution in [1.29, 1.82) is 0 Å². The second-order valence-electron chi connectivity index (χ2n) is 5.82. The molecule has 27 heavy (non-hydrogen) atoms. The maximum absolute atomic E-state index is 12.3. The summed E-state index contributed by atoms with van der Waals surface area (Å²) in [7, 11) is 1.57. The van der Waals surface area contributed by atoms with Crippen LogP contribution < -0.4 is 10.1 Å². The zero-order valence-electron chi connectivity index (χ0n) is 14.3. The number of nitrogens with zero attached hydrogens (tertiary/aromatic N) is 2. The van der Waals surface area contributed by atoms with Crippen molar-refractivity contribution in [2.24, 2.45) is 0 Å². The van der Waals surface area contributed by atoms with Gasteiger partial charge in [0.1, 0.15) is 11.4 Å². The SMILES string of the molecule is COc1ccc(CC(=O)Nc2nc(-c3c[nH]c4ncccc34)cs2)c(Cl)c1. The van der Waals surface area contributed by atoms with Crippen LogP contribution in [0.5, 0.6) is 5.75 Å². The van der Waals surface area contributed by atoms with Crippen molar-refractivity contribution >= 4 is 45.0 Å². The molecule has 3 heterocycles. The molecule has 0 unspecified atom stereocenters. The van der Waals surface area contributed by atoms with Gasteiger partial charge in [0, 0.05) is 33.7 Å². The van der Waals surface area contributed by atoms with Gasteiger partial charge >= 0.3 is 0 Å². The first-order valence-corrected chi connectivity index (χ1v) is 9.40. The predicted octanol–water partition coefficient (Wildman–Crippen LogP) is 4.53. The fraction of sp³-hybridized carbons (Fsp3) is 0.105. The Labute approximate surface area is 164 Å². The molecule has 4 rings (SSSR count). The van der Waals surface area contributed by atoms with Crippen LogP contribution in [0.2, 0.25) is 5.02 Å². The first-order valence-electron chi connectivity index (χ1n) is 8.14. The molecule has 0 aliphatic heterocycles. The van der Waals surface area contributed by atoms with Crippen LogP contribution >= 0.6 is 22.9 Å². The number of anilines is 1. The van der Waals surface area contributed by atoms with Crippen molar-refractivity contribution in [2.45, 2.75) is 6.42 Å². The summed E-state index contributed by atoms with van der Waals surface area (Å²) in [4.78, 5) is 24.3. The van der Waals surface area contributed by atoms with Gasteiger partial charge in [0.15, 0.2) is 5.13 Å². The Kier molecular flexibility index (Phi) is 4.79. The number of carbonyl (C=O) groups is 1. The van der Waals surface area contributed by atoms with Gasteiger partial charge in [-0.2, -0.15) is 0 Å². The Morgan fingerprint density at radius 3 is 3.07 bits per heavy atom. The molecule has 0 saturated carbocycles. The number of carbonyl (C=O) groups excluding carboxylic acids is 1. The molecule has 136 valence electrons. The molecule has 1 aromatic carbocycles. The van der Waals surface area contributed by atoms with Crippen LogP contribution in [0.15, 0.2) is 48.1 Å². The summed E-state index contributed by atoms with van der Waals surface area (Å²) in [6.45, 7) is 0. The molecule has 4 aromatic rings. The average Bonchev–Trinajstić information content (AvgIpc) is 3.30. The van der Waals surface area contributed by atoms with E-state index in [9.17, 15) is 4.79 Å². The van der Waals surface area contributed by atoms with Crippen LogP contribution in [0.4, 0.5) is 5.13 Å². The highest BCUT2D eigenvalue weighted by Crippen LogP contribution is 2.30. The Bertz CT molecular complexity index is 1120. The van der Waals surface area contributed by atoms with Gasteiger partial charge in [-0.3, -0.25) is 4.79 Å². The quantitative estimate of drug-likeness (QED) is 0.517. The van der Waals surface area contributed by atoms with E-state index < -0.39 is 0 Å². The van der Waals surface area contributed by atoms with Crippen LogP contribution in [-0.4, -0.2) is 28.0 Å². The third-order valence-electron chi connectivity index (χ3n) is 4.09. The van der Waals surface area contributed by atoms with Gasteiger partial charge in [0.05, 0.1) is 19.2 Å². The standard InChI is InChI=1S/C19H15ClN4O2S/c1-26-12-5-4-11(15(20)8-12)7-17(25)24-19-23-16(10-27-19)14-9-22-18-13(14)3-2-6-21-18/h2-6,8-10H,7H2,1H3,(H,21,22)(H,23,24,25). The topological polar surface area (TPSA) is 79.9 Å². The number of nitrogens with one attached hydrogen (secondary N) is 2. The highest BCUT2D eigenvalue weighted by molar-refractivity contribution is 7.14. The summed E-state index contributed by atoms with van der Waals surface area (Å²) >= 11 is 7.58. The predicted molar refractivity (Wildman–Crippen MR) is 108 cm³/mol. The van der Waals surface area contributed by atoms with E-state index in [-0.39, 0.29) is 12.3 Å². The third-order valence-corrected chi connectivity index (χ3v) is 5.20. The minimum Gasteiger partial charge on any atom is -0.497 e. The molecule has 0 radical (unpaired) electrons. The summed E-state index contributed by atoms with van der Waals surface area (Å²) in [6.07, 6.45) is 3.77. The second-order valence-corrected chi connectivity index (χ2v) is 7.09. The number of methoxy groups -OCH3 is 1. The fourth-order valence-corrected chi connectivity index (χ4v) is 3.72. The Morgan fingerprint density at radius 2 is 2.26 bits per heavy atom. The first kappa shape index (κ1) is 17.5. The number of aromatic amines is 1. The van der Waals surface area contributed by atoms with Crippen LogP contribution in [-0.2, 0) is 11.2 Å². The lowest BCUT2D eigenvalue weighted by Crippen LogP contribution is -2.14. The summed E-state index contributed by atoms with van der Waals surface area (Å²) in [5, 5.41) is 6.76. The van der Waals surface area contributed by atoms with Gasteiger partial charge < -0.3 is 15.0 Å². The highest BCUT2D eigenvalue weighted by atomic mass is 35.5. The molecule has 2 N–H and O–H groups in total. The molecule has 0 atom stereocenters. The van der Waals surface area contributed by atoms with E-state index in [2.05, 4.69) is 20.3 Å². The second kappa shape index (κ2) is 7.38. The van der Waals surface area contributed by atoms with Gasteiger partial charge in [-0.05, 0) is 29.8 Å². The third kappa shape index (κ3) is 3.65. The number of thiazole rings is 1. The number of halogens is 1. The maximum atomic E-state index is 12.3. The number of hydrogen-bond acceptors (Lipinski definition) is 5. The molecule has 3 aromatic heterocycles. The number of benzene rings is 1. The number of rotatable bonds is 5. The molecule has 8 heteroatoms. The average molecular weight is 399 g/mol.